The summed E-state index contributed by atoms with van der Waals surface area (Å²) in [4.78, 5) is 13.2. The van der Waals surface area contributed by atoms with Crippen LogP contribution in [0.3, 0.4) is 0 Å². The monoisotopic (exact) mass is 254 g/mol. The molecule has 0 aliphatic heterocycles. The minimum Gasteiger partial charge on any atom is -0.338 e. The van der Waals surface area contributed by atoms with Gasteiger partial charge in [0.2, 0.25) is 5.91 Å². The minimum absolute atomic E-state index is 0.0146. The zero-order chi connectivity index (χ0) is 13.5. The Hall–Kier alpha value is -0.780. The first kappa shape index (κ1) is 16.2. The van der Waals surface area contributed by atoms with Crippen LogP contribution in [0.15, 0.2) is 0 Å². The molecule has 1 amide bonds. The SMILES string of the molecule is CCC(CC)N(CCN)C(=O)CCC(F)(F)F. The Morgan fingerprint density at radius 1 is 1.29 bits per heavy atom. The van der Waals surface area contributed by atoms with Gasteiger partial charge in [0.25, 0.3) is 0 Å². The molecule has 0 radical (unpaired) electrons. The van der Waals surface area contributed by atoms with Crippen molar-refractivity contribution in [1.29, 1.82) is 0 Å². The Labute approximate surface area is 100 Å². The van der Waals surface area contributed by atoms with Gasteiger partial charge in [-0.05, 0) is 12.8 Å². The third kappa shape index (κ3) is 6.51. The molecular formula is C11H21F3N2O. The number of halogens is 3. The lowest BCUT2D eigenvalue weighted by atomic mass is 10.1. The molecule has 0 heterocycles. The summed E-state index contributed by atoms with van der Waals surface area (Å²) in [5.74, 6) is -0.457. The van der Waals surface area contributed by atoms with Crippen LogP contribution in [0.5, 0.6) is 0 Å². The van der Waals surface area contributed by atoms with Crippen LogP contribution in [-0.4, -0.2) is 36.1 Å². The van der Waals surface area contributed by atoms with Gasteiger partial charge in [-0.3, -0.25) is 4.79 Å². The molecule has 0 aromatic carbocycles. The maximum atomic E-state index is 12.0. The molecule has 102 valence electrons. The van der Waals surface area contributed by atoms with Crippen LogP contribution in [0.25, 0.3) is 0 Å². The summed E-state index contributed by atoms with van der Waals surface area (Å²) >= 11 is 0. The van der Waals surface area contributed by atoms with Crippen molar-refractivity contribution in [2.75, 3.05) is 13.1 Å². The van der Waals surface area contributed by atoms with Crippen molar-refractivity contribution in [3.63, 3.8) is 0 Å². The molecule has 0 aromatic heterocycles. The molecule has 0 bridgehead atoms. The van der Waals surface area contributed by atoms with Gasteiger partial charge in [0, 0.05) is 25.6 Å². The van der Waals surface area contributed by atoms with Crippen LogP contribution in [0, 0.1) is 0 Å². The topological polar surface area (TPSA) is 46.3 Å². The number of rotatable bonds is 7. The Bertz CT molecular complexity index is 227. The van der Waals surface area contributed by atoms with Gasteiger partial charge in [0.15, 0.2) is 0 Å². The quantitative estimate of drug-likeness (QED) is 0.757. The molecule has 17 heavy (non-hydrogen) atoms. The van der Waals surface area contributed by atoms with E-state index in [1.165, 1.54) is 4.90 Å². The van der Waals surface area contributed by atoms with Gasteiger partial charge in [0.1, 0.15) is 0 Å². The van der Waals surface area contributed by atoms with Crippen LogP contribution < -0.4 is 5.73 Å². The first-order chi connectivity index (χ1) is 7.85. The molecule has 0 saturated heterocycles. The van der Waals surface area contributed by atoms with E-state index in [2.05, 4.69) is 0 Å². The van der Waals surface area contributed by atoms with E-state index in [0.29, 0.717) is 6.54 Å². The van der Waals surface area contributed by atoms with E-state index in [1.54, 1.807) is 0 Å². The molecule has 0 aromatic rings. The number of nitrogens with zero attached hydrogens (tertiary/aromatic N) is 1. The van der Waals surface area contributed by atoms with Crippen molar-refractivity contribution in [2.45, 2.75) is 51.7 Å². The van der Waals surface area contributed by atoms with E-state index >= 15 is 0 Å². The number of hydrogen-bond acceptors (Lipinski definition) is 2. The summed E-state index contributed by atoms with van der Waals surface area (Å²) in [6.45, 7) is 4.42. The molecule has 6 heteroatoms. The van der Waals surface area contributed by atoms with E-state index in [4.69, 9.17) is 5.73 Å². The van der Waals surface area contributed by atoms with Crippen molar-refractivity contribution in [2.24, 2.45) is 5.73 Å². The Morgan fingerprint density at radius 3 is 2.18 bits per heavy atom. The highest BCUT2D eigenvalue weighted by Gasteiger charge is 2.30. The van der Waals surface area contributed by atoms with E-state index in [9.17, 15) is 18.0 Å². The number of alkyl halides is 3. The first-order valence-corrected chi connectivity index (χ1v) is 5.92. The zero-order valence-electron chi connectivity index (χ0n) is 10.4. The highest BCUT2D eigenvalue weighted by atomic mass is 19.4. The average Bonchev–Trinajstić information content (AvgIpc) is 2.25. The minimum atomic E-state index is -4.28. The molecule has 0 saturated carbocycles. The predicted molar refractivity (Wildman–Crippen MR) is 60.4 cm³/mol. The lowest BCUT2D eigenvalue weighted by Crippen LogP contribution is -2.43. The fraction of sp³-hybridized carbons (Fsp3) is 0.909. The second-order valence-corrected chi connectivity index (χ2v) is 3.96. The van der Waals surface area contributed by atoms with Crippen molar-refractivity contribution in [1.82, 2.24) is 4.90 Å². The second-order valence-electron chi connectivity index (χ2n) is 3.96. The molecule has 0 aliphatic carbocycles. The lowest BCUT2D eigenvalue weighted by Gasteiger charge is -2.30. The van der Waals surface area contributed by atoms with E-state index in [1.807, 2.05) is 13.8 Å². The molecule has 3 nitrogen and oxygen atoms in total. The van der Waals surface area contributed by atoms with Crippen molar-refractivity contribution >= 4 is 5.91 Å². The molecule has 0 unspecified atom stereocenters. The first-order valence-electron chi connectivity index (χ1n) is 5.92. The summed E-state index contributed by atoms with van der Waals surface area (Å²) in [7, 11) is 0. The summed E-state index contributed by atoms with van der Waals surface area (Å²) in [6.07, 6.45) is -4.37. The fourth-order valence-corrected chi connectivity index (χ4v) is 1.77. The predicted octanol–water partition coefficient (Wildman–Crippen LogP) is 2.30. The zero-order valence-corrected chi connectivity index (χ0v) is 10.4. The molecule has 0 spiro atoms. The lowest BCUT2D eigenvalue weighted by molar-refractivity contribution is -0.150. The summed E-state index contributed by atoms with van der Waals surface area (Å²) < 4.78 is 36.1. The van der Waals surface area contributed by atoms with Gasteiger partial charge in [-0.15, -0.1) is 0 Å². The second kappa shape index (κ2) is 7.53. The largest absolute Gasteiger partial charge is 0.389 e. The third-order valence-electron chi connectivity index (χ3n) is 2.70. The van der Waals surface area contributed by atoms with Gasteiger partial charge in [0.05, 0.1) is 6.42 Å². The summed E-state index contributed by atoms with van der Waals surface area (Å²) in [6, 6.07) is -0.0146. The maximum Gasteiger partial charge on any atom is 0.389 e. The Balaban J connectivity index is 4.43. The smallest absolute Gasteiger partial charge is 0.338 e. The Morgan fingerprint density at radius 2 is 1.82 bits per heavy atom. The van der Waals surface area contributed by atoms with Crippen LogP contribution in [0.2, 0.25) is 0 Å². The normalized spacial score (nSPS) is 11.9. The van der Waals surface area contributed by atoms with Crippen LogP contribution in [-0.2, 0) is 4.79 Å². The van der Waals surface area contributed by atoms with Crippen molar-refractivity contribution in [3.8, 4) is 0 Å². The van der Waals surface area contributed by atoms with Crippen molar-refractivity contribution < 1.29 is 18.0 Å². The number of carbonyl (C=O) groups excluding carboxylic acids is 1. The van der Waals surface area contributed by atoms with E-state index < -0.39 is 24.9 Å². The molecule has 0 atom stereocenters. The average molecular weight is 254 g/mol. The number of nitrogens with two attached hydrogens (primary N) is 1. The van der Waals surface area contributed by atoms with Crippen molar-refractivity contribution in [3.05, 3.63) is 0 Å². The number of amides is 1. The molecule has 0 fully saturated rings. The Kier molecular flexibility index (Phi) is 7.18. The highest BCUT2D eigenvalue weighted by molar-refractivity contribution is 5.76. The van der Waals surface area contributed by atoms with E-state index in [-0.39, 0.29) is 12.6 Å². The van der Waals surface area contributed by atoms with Crippen LogP contribution in [0.4, 0.5) is 13.2 Å². The summed E-state index contributed by atoms with van der Waals surface area (Å²) in [5.41, 5.74) is 5.38. The number of carbonyl (C=O) groups is 1. The van der Waals surface area contributed by atoms with Gasteiger partial charge in [-0.1, -0.05) is 13.8 Å². The standard InChI is InChI=1S/C11H21F3N2O/c1-3-9(4-2)16(8-7-15)10(17)5-6-11(12,13)14/h9H,3-8,15H2,1-2H3. The maximum absolute atomic E-state index is 12.0. The van der Waals surface area contributed by atoms with E-state index in [0.717, 1.165) is 12.8 Å². The molecule has 0 aliphatic rings. The van der Waals surface area contributed by atoms with Gasteiger partial charge < -0.3 is 10.6 Å². The van der Waals surface area contributed by atoms with Crippen LogP contribution >= 0.6 is 0 Å². The van der Waals surface area contributed by atoms with Gasteiger partial charge >= 0.3 is 6.18 Å². The molecule has 2 N–H and O–H groups in total. The summed E-state index contributed by atoms with van der Waals surface area (Å²) in [5, 5.41) is 0. The van der Waals surface area contributed by atoms with Crippen LogP contribution in [0.1, 0.15) is 39.5 Å². The van der Waals surface area contributed by atoms with Gasteiger partial charge in [-0.25, -0.2) is 0 Å². The van der Waals surface area contributed by atoms with Gasteiger partial charge in [-0.2, -0.15) is 13.2 Å². The third-order valence-corrected chi connectivity index (χ3v) is 2.70. The fourth-order valence-electron chi connectivity index (χ4n) is 1.77. The molecular weight excluding hydrogens is 233 g/mol. The number of hydrogen-bond donors (Lipinski definition) is 1. The molecule has 0 rings (SSSR count). The highest BCUT2D eigenvalue weighted by Crippen LogP contribution is 2.22.